The van der Waals surface area contributed by atoms with Gasteiger partial charge in [0.05, 0.1) is 6.61 Å². The Balaban J connectivity index is 1.83. The van der Waals surface area contributed by atoms with E-state index in [2.05, 4.69) is 23.8 Å². The van der Waals surface area contributed by atoms with Gasteiger partial charge in [-0.3, -0.25) is 4.90 Å². The summed E-state index contributed by atoms with van der Waals surface area (Å²) in [4.78, 5) is 4.81. The molecule has 1 unspecified atom stereocenters. The van der Waals surface area contributed by atoms with Gasteiger partial charge in [-0.2, -0.15) is 0 Å². The van der Waals surface area contributed by atoms with E-state index in [-0.39, 0.29) is 0 Å². The van der Waals surface area contributed by atoms with Crippen LogP contribution in [0.3, 0.4) is 0 Å². The van der Waals surface area contributed by atoms with Crippen molar-refractivity contribution < 1.29 is 5.11 Å². The molecule has 2 aliphatic rings. The molecule has 13 heavy (non-hydrogen) atoms. The van der Waals surface area contributed by atoms with Crippen LogP contribution in [-0.2, 0) is 0 Å². The highest BCUT2D eigenvalue weighted by atomic mass is 16.3. The topological polar surface area (TPSA) is 26.7 Å². The molecule has 2 rings (SSSR count). The van der Waals surface area contributed by atoms with E-state index in [1.165, 1.54) is 32.6 Å². The van der Waals surface area contributed by atoms with Crippen LogP contribution < -0.4 is 0 Å². The summed E-state index contributed by atoms with van der Waals surface area (Å²) in [6, 6.07) is 0.358. The van der Waals surface area contributed by atoms with Crippen molar-refractivity contribution in [1.29, 1.82) is 0 Å². The van der Waals surface area contributed by atoms with Crippen molar-refractivity contribution in [2.24, 2.45) is 5.41 Å². The van der Waals surface area contributed by atoms with Gasteiger partial charge in [0.2, 0.25) is 0 Å². The van der Waals surface area contributed by atoms with Crippen molar-refractivity contribution in [1.82, 2.24) is 9.80 Å². The molecule has 76 valence electrons. The monoisotopic (exact) mass is 184 g/mol. The van der Waals surface area contributed by atoms with E-state index in [9.17, 15) is 0 Å². The molecule has 1 spiro atoms. The largest absolute Gasteiger partial charge is 0.395 e. The maximum Gasteiger partial charge on any atom is 0.0584 e. The summed E-state index contributed by atoms with van der Waals surface area (Å²) in [7, 11) is 2.20. The van der Waals surface area contributed by atoms with E-state index in [0.29, 0.717) is 18.1 Å². The lowest BCUT2D eigenvalue weighted by Crippen LogP contribution is -2.60. The number of aliphatic hydroxyl groups is 1. The lowest BCUT2D eigenvalue weighted by atomic mass is 9.78. The van der Waals surface area contributed by atoms with Crippen molar-refractivity contribution >= 4 is 0 Å². The van der Waals surface area contributed by atoms with Crippen LogP contribution in [0.15, 0.2) is 0 Å². The fourth-order valence-electron chi connectivity index (χ4n) is 2.66. The smallest absolute Gasteiger partial charge is 0.0584 e. The number of hydrogen-bond acceptors (Lipinski definition) is 3. The third-order valence-electron chi connectivity index (χ3n) is 3.59. The van der Waals surface area contributed by atoms with Gasteiger partial charge < -0.3 is 10.0 Å². The molecule has 2 saturated heterocycles. The molecule has 2 heterocycles. The highest BCUT2D eigenvalue weighted by Crippen LogP contribution is 2.39. The zero-order valence-electron chi connectivity index (χ0n) is 8.66. The van der Waals surface area contributed by atoms with Gasteiger partial charge in [0.25, 0.3) is 0 Å². The van der Waals surface area contributed by atoms with Crippen molar-refractivity contribution in [3.8, 4) is 0 Å². The lowest BCUT2D eigenvalue weighted by Gasteiger charge is -2.50. The third-order valence-corrected chi connectivity index (χ3v) is 3.59. The summed E-state index contributed by atoms with van der Waals surface area (Å²) in [6.07, 6.45) is 1.35. The Hall–Kier alpha value is -0.120. The lowest BCUT2D eigenvalue weighted by molar-refractivity contribution is -0.0325. The molecule has 0 aromatic carbocycles. The van der Waals surface area contributed by atoms with Gasteiger partial charge >= 0.3 is 0 Å². The van der Waals surface area contributed by atoms with Crippen LogP contribution in [0.5, 0.6) is 0 Å². The van der Waals surface area contributed by atoms with Gasteiger partial charge in [-0.05, 0) is 26.9 Å². The first-order valence-corrected chi connectivity index (χ1v) is 5.19. The number of aliphatic hydroxyl groups excluding tert-OH is 1. The van der Waals surface area contributed by atoms with Crippen LogP contribution >= 0.6 is 0 Å². The second kappa shape index (κ2) is 3.23. The first kappa shape index (κ1) is 9.44. The Kier molecular flexibility index (Phi) is 2.34. The van der Waals surface area contributed by atoms with E-state index in [1.54, 1.807) is 0 Å². The first-order valence-electron chi connectivity index (χ1n) is 5.19. The average Bonchev–Trinajstić information content (AvgIpc) is 2.43. The molecule has 0 aromatic heterocycles. The number of rotatable bonds is 2. The molecular weight excluding hydrogens is 164 g/mol. The van der Waals surface area contributed by atoms with Crippen molar-refractivity contribution in [3.63, 3.8) is 0 Å². The summed E-state index contributed by atoms with van der Waals surface area (Å²) in [5, 5.41) is 9.00. The van der Waals surface area contributed by atoms with Gasteiger partial charge in [0.1, 0.15) is 0 Å². The summed E-state index contributed by atoms with van der Waals surface area (Å²) < 4.78 is 0. The van der Waals surface area contributed by atoms with E-state index in [0.717, 1.165) is 0 Å². The number of hydrogen-bond donors (Lipinski definition) is 1. The zero-order valence-corrected chi connectivity index (χ0v) is 8.66. The molecule has 1 N–H and O–H groups in total. The van der Waals surface area contributed by atoms with Gasteiger partial charge in [0.15, 0.2) is 0 Å². The van der Waals surface area contributed by atoms with Crippen LogP contribution in [0, 0.1) is 5.41 Å². The van der Waals surface area contributed by atoms with Crippen molar-refractivity contribution in [3.05, 3.63) is 0 Å². The highest BCUT2D eigenvalue weighted by Gasteiger charge is 2.47. The molecule has 0 aliphatic carbocycles. The van der Waals surface area contributed by atoms with Gasteiger partial charge in [-0.15, -0.1) is 0 Å². The molecule has 1 atom stereocenters. The normalized spacial score (nSPS) is 30.7. The molecule has 0 radical (unpaired) electrons. The molecule has 0 saturated carbocycles. The maximum atomic E-state index is 9.00. The quantitative estimate of drug-likeness (QED) is 0.654. The van der Waals surface area contributed by atoms with Crippen molar-refractivity contribution in [2.45, 2.75) is 19.4 Å². The zero-order chi connectivity index (χ0) is 9.47. The Morgan fingerprint density at radius 2 is 2.08 bits per heavy atom. The minimum Gasteiger partial charge on any atom is -0.395 e. The molecule has 0 aromatic rings. The number of likely N-dealkylation sites (tertiary alicyclic amines) is 2. The molecule has 3 nitrogen and oxygen atoms in total. The van der Waals surface area contributed by atoms with E-state index >= 15 is 0 Å². The van der Waals surface area contributed by atoms with E-state index in [4.69, 9.17) is 5.11 Å². The minimum atomic E-state index is 0.298. The van der Waals surface area contributed by atoms with Gasteiger partial charge in [-0.1, -0.05) is 0 Å². The summed E-state index contributed by atoms with van der Waals surface area (Å²) in [5.74, 6) is 0. The fraction of sp³-hybridized carbons (Fsp3) is 1.00. The predicted molar refractivity (Wildman–Crippen MR) is 52.7 cm³/mol. The van der Waals surface area contributed by atoms with Crippen LogP contribution in [0.1, 0.15) is 13.3 Å². The molecular formula is C10H20N2O. The van der Waals surface area contributed by atoms with E-state index in [1.807, 2.05) is 0 Å². The summed E-state index contributed by atoms with van der Waals surface area (Å²) in [6.45, 7) is 7.29. The Morgan fingerprint density at radius 3 is 2.54 bits per heavy atom. The third kappa shape index (κ3) is 1.60. The number of nitrogens with zero attached hydrogens (tertiary/aromatic N) is 2. The molecule has 2 aliphatic heterocycles. The Bertz CT molecular complexity index is 189. The molecule has 0 bridgehead atoms. The Morgan fingerprint density at radius 1 is 1.38 bits per heavy atom. The second-order valence-corrected chi connectivity index (χ2v) is 4.92. The van der Waals surface area contributed by atoms with Gasteiger partial charge in [-0.25, -0.2) is 0 Å². The van der Waals surface area contributed by atoms with Crippen molar-refractivity contribution in [2.75, 3.05) is 39.8 Å². The fourth-order valence-corrected chi connectivity index (χ4v) is 2.66. The second-order valence-electron chi connectivity index (χ2n) is 4.92. The highest BCUT2D eigenvalue weighted by molar-refractivity contribution is 5.01. The predicted octanol–water partition coefficient (Wildman–Crippen LogP) is 0.00470. The van der Waals surface area contributed by atoms with Crippen LogP contribution in [0.4, 0.5) is 0 Å². The summed E-state index contributed by atoms with van der Waals surface area (Å²) in [5.41, 5.74) is 0.582. The van der Waals surface area contributed by atoms with E-state index < -0.39 is 0 Å². The average molecular weight is 184 g/mol. The standard InChI is InChI=1S/C10H20N2O/c1-9(5-13)12-7-10(8-12)3-4-11(2)6-10/h9,13H,3-8H2,1-2H3. The van der Waals surface area contributed by atoms with Crippen LogP contribution in [0.2, 0.25) is 0 Å². The Labute approximate surface area is 80.3 Å². The first-order chi connectivity index (χ1) is 6.15. The SMILES string of the molecule is CC(CO)N1CC2(CCN(C)C2)C1. The minimum absolute atomic E-state index is 0.298. The van der Waals surface area contributed by atoms with Crippen LogP contribution in [0.25, 0.3) is 0 Å². The molecule has 0 amide bonds. The summed E-state index contributed by atoms with van der Waals surface area (Å²) >= 11 is 0. The molecule has 3 heteroatoms. The van der Waals surface area contributed by atoms with Crippen LogP contribution in [-0.4, -0.2) is 60.8 Å². The molecule has 2 fully saturated rings. The maximum absolute atomic E-state index is 9.00. The van der Waals surface area contributed by atoms with Gasteiger partial charge in [0, 0.05) is 31.1 Å².